The van der Waals surface area contributed by atoms with Gasteiger partial charge in [0.1, 0.15) is 24.4 Å². The van der Waals surface area contributed by atoms with Crippen LogP contribution < -0.4 is 5.32 Å². The number of unbranched alkanes of at least 4 members (excludes halogenated alkanes) is 30. The number of hydrogen-bond acceptors (Lipinski definition) is 8. The molecule has 9 heteroatoms. The zero-order valence-electron chi connectivity index (χ0n) is 36.0. The molecule has 1 rings (SSSR count). The smallest absolute Gasteiger partial charge is 0.220 e. The molecule has 0 aromatic heterocycles. The van der Waals surface area contributed by atoms with Crippen molar-refractivity contribution in [1.29, 1.82) is 0 Å². The number of carbonyl (C=O) groups is 1. The van der Waals surface area contributed by atoms with Crippen molar-refractivity contribution in [1.82, 2.24) is 5.32 Å². The maximum absolute atomic E-state index is 12.9. The quantitative estimate of drug-likeness (QED) is 0.0337. The fraction of sp³-hybridized carbons (Fsp3) is 0.978. The summed E-state index contributed by atoms with van der Waals surface area (Å²) >= 11 is 0. The van der Waals surface area contributed by atoms with E-state index in [0.29, 0.717) is 12.8 Å². The predicted molar refractivity (Wildman–Crippen MR) is 226 cm³/mol. The van der Waals surface area contributed by atoms with Crippen LogP contribution in [-0.4, -0.2) is 87.5 Å². The second-order valence-corrected chi connectivity index (χ2v) is 16.9. The van der Waals surface area contributed by atoms with E-state index >= 15 is 0 Å². The van der Waals surface area contributed by atoms with E-state index < -0.39 is 49.5 Å². The van der Waals surface area contributed by atoms with Gasteiger partial charge in [0.2, 0.25) is 5.91 Å². The van der Waals surface area contributed by atoms with Crippen LogP contribution in [0.3, 0.4) is 0 Å². The highest BCUT2D eigenvalue weighted by Gasteiger charge is 2.44. The van der Waals surface area contributed by atoms with E-state index in [1.54, 1.807) is 0 Å². The van der Waals surface area contributed by atoms with E-state index in [2.05, 4.69) is 19.2 Å². The van der Waals surface area contributed by atoms with Crippen molar-refractivity contribution in [2.45, 2.75) is 275 Å². The van der Waals surface area contributed by atoms with Crippen molar-refractivity contribution in [3.8, 4) is 0 Å². The van der Waals surface area contributed by atoms with Crippen LogP contribution in [-0.2, 0) is 14.3 Å². The second-order valence-electron chi connectivity index (χ2n) is 16.9. The van der Waals surface area contributed by atoms with Gasteiger partial charge in [0.25, 0.3) is 0 Å². The van der Waals surface area contributed by atoms with Gasteiger partial charge in [0, 0.05) is 6.42 Å². The van der Waals surface area contributed by atoms with Crippen molar-refractivity contribution in [2.75, 3.05) is 13.2 Å². The maximum Gasteiger partial charge on any atom is 0.220 e. The summed E-state index contributed by atoms with van der Waals surface area (Å²) < 4.78 is 11.2. The van der Waals surface area contributed by atoms with Crippen molar-refractivity contribution in [3.63, 3.8) is 0 Å². The first-order chi connectivity index (χ1) is 26.8. The van der Waals surface area contributed by atoms with E-state index in [1.165, 1.54) is 167 Å². The average molecular weight is 786 g/mol. The van der Waals surface area contributed by atoms with E-state index in [4.69, 9.17) is 9.47 Å². The molecule has 1 fully saturated rings. The van der Waals surface area contributed by atoms with Gasteiger partial charge in [-0.25, -0.2) is 0 Å². The Morgan fingerprint density at radius 3 is 1.29 bits per heavy atom. The second kappa shape index (κ2) is 37.5. The summed E-state index contributed by atoms with van der Waals surface area (Å²) in [5, 5.41) is 54.2. The minimum Gasteiger partial charge on any atom is -0.394 e. The normalized spacial score (nSPS) is 21.2. The van der Waals surface area contributed by atoms with Crippen molar-refractivity contribution in [2.24, 2.45) is 0 Å². The number of aliphatic hydroxyl groups is 5. The molecule has 328 valence electrons. The lowest BCUT2D eigenvalue weighted by Crippen LogP contribution is -2.60. The lowest BCUT2D eigenvalue weighted by atomic mass is 9.99. The fourth-order valence-electron chi connectivity index (χ4n) is 7.87. The third kappa shape index (κ3) is 28.3. The third-order valence-corrected chi connectivity index (χ3v) is 11.7. The molecule has 0 aromatic rings. The number of rotatable bonds is 40. The van der Waals surface area contributed by atoms with Crippen LogP contribution in [0, 0.1) is 0 Å². The molecule has 0 radical (unpaired) electrons. The van der Waals surface area contributed by atoms with Gasteiger partial charge in [-0.3, -0.25) is 4.79 Å². The number of carbonyl (C=O) groups excluding carboxylic acids is 1. The van der Waals surface area contributed by atoms with Crippen LogP contribution in [0.5, 0.6) is 0 Å². The summed E-state index contributed by atoms with van der Waals surface area (Å²) in [5.74, 6) is -0.142. The van der Waals surface area contributed by atoms with Gasteiger partial charge in [-0.05, 0) is 12.8 Å². The van der Waals surface area contributed by atoms with Crippen molar-refractivity contribution >= 4 is 5.91 Å². The lowest BCUT2D eigenvalue weighted by Gasteiger charge is -2.40. The molecular formula is C46H91NO8. The molecule has 6 N–H and O–H groups in total. The van der Waals surface area contributed by atoms with Gasteiger partial charge in [0.05, 0.1) is 25.4 Å². The molecule has 55 heavy (non-hydrogen) atoms. The van der Waals surface area contributed by atoms with E-state index in [1.807, 2.05) is 0 Å². The van der Waals surface area contributed by atoms with Crippen LogP contribution in [0.25, 0.3) is 0 Å². The molecule has 1 saturated heterocycles. The first-order valence-corrected chi connectivity index (χ1v) is 23.7. The molecular weight excluding hydrogens is 695 g/mol. The van der Waals surface area contributed by atoms with Gasteiger partial charge in [0.15, 0.2) is 6.29 Å². The van der Waals surface area contributed by atoms with Gasteiger partial charge >= 0.3 is 0 Å². The molecule has 0 spiro atoms. The monoisotopic (exact) mass is 786 g/mol. The topological polar surface area (TPSA) is 149 Å². The molecule has 0 bridgehead atoms. The van der Waals surface area contributed by atoms with E-state index in [9.17, 15) is 30.3 Å². The molecule has 1 aliphatic rings. The first kappa shape index (κ1) is 52.2. The number of aliphatic hydroxyl groups excluding tert-OH is 5. The summed E-state index contributed by atoms with van der Waals surface area (Å²) in [6.07, 6.45) is 34.2. The highest BCUT2D eigenvalue weighted by molar-refractivity contribution is 5.76. The molecule has 1 heterocycles. The van der Waals surface area contributed by atoms with Crippen molar-refractivity contribution < 1.29 is 39.8 Å². The molecule has 0 saturated carbocycles. The standard InChI is InChI=1S/C46H91NO8/c1-3-5-7-9-11-13-14-15-16-17-18-19-20-21-22-23-24-25-26-28-30-32-34-36-42(50)47-39(40(49)35-33-31-29-27-12-10-8-6-4-2)38-54-46-45(53)44(52)43(51)41(37-48)55-46/h39-41,43-46,48-49,51-53H,3-38H2,1-2H3,(H,47,50)/t39-,40+,41+,43+,44?,45?,46+/m0/s1. The summed E-state index contributed by atoms with van der Waals surface area (Å²) in [6, 6.07) is -0.710. The largest absolute Gasteiger partial charge is 0.394 e. The van der Waals surface area contributed by atoms with Crippen LogP contribution in [0.2, 0.25) is 0 Å². The minimum atomic E-state index is -1.55. The van der Waals surface area contributed by atoms with Gasteiger partial charge in [-0.15, -0.1) is 0 Å². The number of hydrogen-bond donors (Lipinski definition) is 6. The first-order valence-electron chi connectivity index (χ1n) is 23.7. The minimum absolute atomic E-state index is 0.133. The Kier molecular flexibility index (Phi) is 35.6. The zero-order chi connectivity index (χ0) is 40.2. The van der Waals surface area contributed by atoms with Crippen LogP contribution in [0.15, 0.2) is 0 Å². The molecule has 1 aliphatic heterocycles. The summed E-state index contributed by atoms with van der Waals surface area (Å²) in [7, 11) is 0. The average Bonchev–Trinajstić information content (AvgIpc) is 3.18. The lowest BCUT2D eigenvalue weighted by molar-refractivity contribution is -0.302. The summed E-state index contributed by atoms with van der Waals surface area (Å²) in [6.45, 7) is 3.82. The Morgan fingerprint density at radius 2 is 0.909 bits per heavy atom. The molecule has 0 aromatic carbocycles. The van der Waals surface area contributed by atoms with E-state index in [-0.39, 0.29) is 12.5 Å². The molecule has 0 aliphatic carbocycles. The Morgan fingerprint density at radius 1 is 0.545 bits per heavy atom. The van der Waals surface area contributed by atoms with Crippen LogP contribution in [0.1, 0.15) is 232 Å². The number of ether oxygens (including phenoxy) is 2. The van der Waals surface area contributed by atoms with Gasteiger partial charge in [-0.1, -0.05) is 213 Å². The molecule has 9 nitrogen and oxygen atoms in total. The van der Waals surface area contributed by atoms with Crippen molar-refractivity contribution in [3.05, 3.63) is 0 Å². The molecule has 2 unspecified atom stereocenters. The van der Waals surface area contributed by atoms with Gasteiger partial charge < -0.3 is 40.3 Å². The highest BCUT2D eigenvalue weighted by Crippen LogP contribution is 2.23. The fourth-order valence-corrected chi connectivity index (χ4v) is 7.87. The number of amides is 1. The van der Waals surface area contributed by atoms with E-state index in [0.717, 1.165) is 38.5 Å². The highest BCUT2D eigenvalue weighted by atomic mass is 16.7. The van der Waals surface area contributed by atoms with Gasteiger partial charge in [-0.2, -0.15) is 0 Å². The van der Waals surface area contributed by atoms with Crippen LogP contribution >= 0.6 is 0 Å². The Balaban J connectivity index is 2.19. The maximum atomic E-state index is 12.9. The Labute approximate surface area is 338 Å². The molecule has 7 atom stereocenters. The Bertz CT molecular complexity index is 832. The SMILES string of the molecule is CCCCCCCCCCCCCCCCCCCCCCCCCC(=O)N[C@@H](CO[C@@H]1O[C@H](CO)[C@@H](O)C(O)C1O)[C@H](O)CCCCCCCCCCC. The summed E-state index contributed by atoms with van der Waals surface area (Å²) in [5.41, 5.74) is 0. The van der Waals surface area contributed by atoms with Crippen LogP contribution in [0.4, 0.5) is 0 Å². The number of nitrogens with one attached hydrogen (secondary N) is 1. The Hall–Kier alpha value is -0.810. The predicted octanol–water partition coefficient (Wildman–Crippen LogP) is 9.95. The summed E-state index contributed by atoms with van der Waals surface area (Å²) in [4.78, 5) is 12.9. The third-order valence-electron chi connectivity index (χ3n) is 11.7. The zero-order valence-corrected chi connectivity index (χ0v) is 36.0. The molecule has 1 amide bonds.